The fraction of sp³-hybridized carbons (Fsp3) is 0.273. The van der Waals surface area contributed by atoms with Crippen LogP contribution in [-0.2, 0) is 17.6 Å². The molecule has 0 fully saturated rings. The zero-order chi connectivity index (χ0) is 22.1. The van der Waals surface area contributed by atoms with Crippen molar-refractivity contribution in [1.29, 1.82) is 0 Å². The lowest BCUT2D eigenvalue weighted by molar-refractivity contribution is -0.121. The smallest absolute Gasteiger partial charge is 0.286 e. The molecule has 0 atom stereocenters. The third kappa shape index (κ3) is 7.34. The quantitative estimate of drug-likeness (QED) is 0.476. The summed E-state index contributed by atoms with van der Waals surface area (Å²) in [7, 11) is 1.58. The minimum absolute atomic E-state index is 0.00375. The van der Waals surface area contributed by atoms with Crippen molar-refractivity contribution in [2.24, 2.45) is 0 Å². The number of aryl methyl sites for hydroxylation is 1. The van der Waals surface area contributed by atoms with Crippen molar-refractivity contribution in [3.63, 3.8) is 0 Å². The van der Waals surface area contributed by atoms with Crippen molar-refractivity contribution >= 4 is 40.4 Å². The number of halogens is 1. The molecule has 0 aliphatic heterocycles. The van der Waals surface area contributed by atoms with Crippen LogP contribution >= 0.6 is 22.9 Å². The first-order valence-electron chi connectivity index (χ1n) is 9.82. The number of anilines is 1. The fourth-order valence-electron chi connectivity index (χ4n) is 2.79. The molecule has 0 saturated carbocycles. The van der Waals surface area contributed by atoms with Gasteiger partial charge in [0.15, 0.2) is 0 Å². The summed E-state index contributed by atoms with van der Waals surface area (Å²) in [6, 6.07) is 14.6. The van der Waals surface area contributed by atoms with E-state index in [1.807, 2.05) is 24.3 Å². The van der Waals surface area contributed by atoms with Gasteiger partial charge in [-0.15, -0.1) is 10.2 Å². The molecule has 1 aromatic heterocycles. The largest absolute Gasteiger partial charge is 0.497 e. The molecule has 0 radical (unpaired) electrons. The number of hydrogen-bond acceptors (Lipinski definition) is 6. The molecule has 0 spiro atoms. The van der Waals surface area contributed by atoms with Gasteiger partial charge >= 0.3 is 0 Å². The Morgan fingerprint density at radius 1 is 1.03 bits per heavy atom. The van der Waals surface area contributed by atoms with Crippen molar-refractivity contribution in [2.75, 3.05) is 19.0 Å². The average molecular weight is 459 g/mol. The summed E-state index contributed by atoms with van der Waals surface area (Å²) < 4.78 is 5.10. The number of aromatic nitrogens is 2. The van der Waals surface area contributed by atoms with Gasteiger partial charge in [0.05, 0.1) is 7.11 Å². The predicted octanol–water partition coefficient (Wildman–Crippen LogP) is 4.13. The number of carbonyl (C=O) groups is 2. The van der Waals surface area contributed by atoms with E-state index in [0.29, 0.717) is 47.3 Å². The van der Waals surface area contributed by atoms with Crippen LogP contribution in [0.25, 0.3) is 0 Å². The maximum absolute atomic E-state index is 12.3. The number of ether oxygens (including phenoxy) is 1. The van der Waals surface area contributed by atoms with Gasteiger partial charge in [0.2, 0.25) is 10.9 Å². The topological polar surface area (TPSA) is 93.2 Å². The Labute approximate surface area is 189 Å². The monoisotopic (exact) mass is 458 g/mol. The maximum Gasteiger partial charge on any atom is 0.286 e. The molecule has 0 unspecified atom stereocenters. The van der Waals surface area contributed by atoms with Crippen LogP contribution in [-0.4, -0.2) is 35.7 Å². The van der Waals surface area contributed by atoms with Crippen LogP contribution in [0.4, 0.5) is 5.69 Å². The molecule has 7 nitrogen and oxygen atoms in total. The highest BCUT2D eigenvalue weighted by Gasteiger charge is 2.13. The van der Waals surface area contributed by atoms with E-state index in [2.05, 4.69) is 20.8 Å². The van der Waals surface area contributed by atoms with Gasteiger partial charge in [0.1, 0.15) is 10.8 Å². The number of nitrogens with zero attached hydrogens (tertiary/aromatic N) is 2. The van der Waals surface area contributed by atoms with E-state index in [0.717, 1.165) is 17.0 Å². The van der Waals surface area contributed by atoms with E-state index < -0.39 is 0 Å². The van der Waals surface area contributed by atoms with Gasteiger partial charge in [-0.2, -0.15) is 0 Å². The van der Waals surface area contributed by atoms with Gasteiger partial charge in [-0.1, -0.05) is 35.1 Å². The lowest BCUT2D eigenvalue weighted by atomic mass is 10.1. The summed E-state index contributed by atoms with van der Waals surface area (Å²) in [5.41, 5.74) is 1.77. The second-order valence-corrected chi connectivity index (χ2v) is 8.26. The van der Waals surface area contributed by atoms with Gasteiger partial charge < -0.3 is 15.4 Å². The molecule has 3 rings (SSSR count). The Kier molecular flexibility index (Phi) is 8.37. The van der Waals surface area contributed by atoms with Gasteiger partial charge in [-0.3, -0.25) is 9.59 Å². The van der Waals surface area contributed by atoms with Gasteiger partial charge in [0, 0.05) is 30.1 Å². The number of benzene rings is 2. The Hall–Kier alpha value is -2.97. The van der Waals surface area contributed by atoms with Crippen molar-refractivity contribution in [2.45, 2.75) is 25.7 Å². The first kappa shape index (κ1) is 22.7. The number of amides is 2. The zero-order valence-electron chi connectivity index (χ0n) is 17.1. The normalized spacial score (nSPS) is 10.5. The van der Waals surface area contributed by atoms with E-state index in [9.17, 15) is 9.59 Å². The van der Waals surface area contributed by atoms with E-state index in [4.69, 9.17) is 16.3 Å². The number of hydrogen-bond donors (Lipinski definition) is 2. The standard InChI is InChI=1S/C22H23ClN4O3S/c1-30-18-11-9-17(10-12-18)25-21(29)22-27-26-20(31-22)4-2-3-19(28)24-14-13-15-5-7-16(23)8-6-15/h5-12H,2-4,13-14H2,1H3,(H,24,28)(H,25,29). The lowest BCUT2D eigenvalue weighted by Gasteiger charge is -2.05. The van der Waals surface area contributed by atoms with Crippen LogP contribution in [0.3, 0.4) is 0 Å². The summed E-state index contributed by atoms with van der Waals surface area (Å²) in [6.45, 7) is 0.578. The van der Waals surface area contributed by atoms with E-state index in [1.165, 1.54) is 11.3 Å². The molecule has 3 aromatic rings. The van der Waals surface area contributed by atoms with Crippen LogP contribution in [0.5, 0.6) is 5.75 Å². The molecule has 0 aliphatic carbocycles. The molecule has 0 saturated heterocycles. The van der Waals surface area contributed by atoms with Crippen molar-refractivity contribution < 1.29 is 14.3 Å². The molecule has 1 heterocycles. The summed E-state index contributed by atoms with van der Waals surface area (Å²) in [5, 5.41) is 15.4. The molecule has 2 N–H and O–H groups in total. The average Bonchev–Trinajstić information content (AvgIpc) is 3.25. The van der Waals surface area contributed by atoms with Crippen LogP contribution in [0, 0.1) is 0 Å². The second-order valence-electron chi connectivity index (χ2n) is 6.76. The molecule has 0 aliphatic rings. The van der Waals surface area contributed by atoms with Crippen molar-refractivity contribution in [1.82, 2.24) is 15.5 Å². The molecule has 0 bridgehead atoms. The molecule has 162 valence electrons. The summed E-state index contributed by atoms with van der Waals surface area (Å²) >= 11 is 7.10. The molecule has 31 heavy (non-hydrogen) atoms. The van der Waals surface area contributed by atoms with E-state index in [-0.39, 0.29) is 11.8 Å². The molecule has 9 heteroatoms. The van der Waals surface area contributed by atoms with Gasteiger partial charge in [-0.05, 0) is 54.8 Å². The molecule has 2 amide bonds. The molecular weight excluding hydrogens is 436 g/mol. The Morgan fingerprint density at radius 2 is 1.77 bits per heavy atom. The second kappa shape index (κ2) is 11.4. The first-order valence-corrected chi connectivity index (χ1v) is 11.0. The minimum atomic E-state index is -0.311. The van der Waals surface area contributed by atoms with Crippen LogP contribution in [0.2, 0.25) is 5.02 Å². The third-order valence-electron chi connectivity index (χ3n) is 4.45. The Bertz CT molecular complexity index is 1010. The SMILES string of the molecule is COc1ccc(NC(=O)c2nnc(CCCC(=O)NCCc3ccc(Cl)cc3)s2)cc1. The molecular formula is C22H23ClN4O3S. The van der Waals surface area contributed by atoms with Crippen molar-refractivity contribution in [3.05, 3.63) is 69.1 Å². The van der Waals surface area contributed by atoms with Gasteiger partial charge in [-0.25, -0.2) is 0 Å². The van der Waals surface area contributed by atoms with Crippen LogP contribution in [0.15, 0.2) is 48.5 Å². The number of nitrogens with one attached hydrogen (secondary N) is 2. The minimum Gasteiger partial charge on any atom is -0.497 e. The third-order valence-corrected chi connectivity index (χ3v) is 5.69. The zero-order valence-corrected chi connectivity index (χ0v) is 18.6. The van der Waals surface area contributed by atoms with E-state index in [1.54, 1.807) is 31.4 Å². The highest BCUT2D eigenvalue weighted by Crippen LogP contribution is 2.18. The highest BCUT2D eigenvalue weighted by molar-refractivity contribution is 7.13. The Balaban J connectivity index is 1.36. The summed E-state index contributed by atoms with van der Waals surface area (Å²) in [5.74, 6) is 0.398. The van der Waals surface area contributed by atoms with Crippen LogP contribution < -0.4 is 15.4 Å². The predicted molar refractivity (Wildman–Crippen MR) is 122 cm³/mol. The fourth-order valence-corrected chi connectivity index (χ4v) is 3.69. The number of carbonyl (C=O) groups excluding carboxylic acids is 2. The number of methoxy groups -OCH3 is 1. The number of rotatable bonds is 10. The maximum atomic E-state index is 12.3. The first-order chi connectivity index (χ1) is 15.0. The Morgan fingerprint density at radius 3 is 2.48 bits per heavy atom. The lowest BCUT2D eigenvalue weighted by Crippen LogP contribution is -2.25. The highest BCUT2D eigenvalue weighted by atomic mass is 35.5. The van der Waals surface area contributed by atoms with Crippen molar-refractivity contribution in [3.8, 4) is 5.75 Å². The van der Waals surface area contributed by atoms with Gasteiger partial charge in [0.25, 0.3) is 5.91 Å². The summed E-state index contributed by atoms with van der Waals surface area (Å²) in [4.78, 5) is 24.3. The molecule has 2 aromatic carbocycles. The van der Waals surface area contributed by atoms with Crippen LogP contribution in [0.1, 0.15) is 33.2 Å². The van der Waals surface area contributed by atoms with E-state index >= 15 is 0 Å². The summed E-state index contributed by atoms with van der Waals surface area (Å²) in [6.07, 6.45) is 2.39.